The molecule has 1 saturated carbocycles. The van der Waals surface area contributed by atoms with Gasteiger partial charge in [0, 0.05) is 19.1 Å². The van der Waals surface area contributed by atoms with Gasteiger partial charge < -0.3 is 10.2 Å². The molecule has 1 aromatic carbocycles. The zero-order chi connectivity index (χ0) is 15.2. The highest BCUT2D eigenvalue weighted by Crippen LogP contribution is 2.21. The van der Waals surface area contributed by atoms with E-state index in [-0.39, 0.29) is 0 Å². The molecule has 0 saturated heterocycles. The van der Waals surface area contributed by atoms with E-state index in [1.165, 1.54) is 36.9 Å². The Hall–Kier alpha value is -0.860. The van der Waals surface area contributed by atoms with E-state index < -0.39 is 0 Å². The maximum Gasteiger partial charge on any atom is 0.0230 e. The fourth-order valence-corrected chi connectivity index (χ4v) is 2.57. The van der Waals surface area contributed by atoms with Gasteiger partial charge in [0.1, 0.15) is 0 Å². The Labute approximate surface area is 130 Å². The molecule has 1 aliphatic rings. The maximum absolute atomic E-state index is 3.62. The molecule has 0 bridgehead atoms. The van der Waals surface area contributed by atoms with Crippen LogP contribution >= 0.6 is 0 Å². The monoisotopic (exact) mass is 288 g/mol. The summed E-state index contributed by atoms with van der Waals surface area (Å²) in [6, 6.07) is 10.0. The normalized spacial score (nSPS) is 16.7. The molecule has 0 heterocycles. The van der Waals surface area contributed by atoms with Gasteiger partial charge in [0.15, 0.2) is 0 Å². The van der Waals surface area contributed by atoms with Crippen LogP contribution in [-0.4, -0.2) is 31.1 Å². The molecule has 0 radical (unpaired) electrons. The van der Waals surface area contributed by atoms with Gasteiger partial charge in [0.25, 0.3) is 0 Å². The minimum Gasteiger partial charge on any atom is -0.313 e. The number of hydrogen-bond donors (Lipinski definition) is 1. The molecule has 0 aliphatic heterocycles. The summed E-state index contributed by atoms with van der Waals surface area (Å²) in [6.07, 6.45) is 4.02. The first-order chi connectivity index (χ1) is 10.0. The zero-order valence-corrected chi connectivity index (χ0v) is 14.2. The van der Waals surface area contributed by atoms with Crippen molar-refractivity contribution in [1.82, 2.24) is 10.2 Å². The number of benzene rings is 1. The van der Waals surface area contributed by atoms with Crippen LogP contribution in [-0.2, 0) is 6.54 Å². The van der Waals surface area contributed by atoms with Gasteiger partial charge in [-0.15, -0.1) is 0 Å². The molecule has 1 aromatic rings. The van der Waals surface area contributed by atoms with E-state index in [1.807, 2.05) is 0 Å². The van der Waals surface area contributed by atoms with Crippen LogP contribution in [0.2, 0.25) is 0 Å². The third kappa shape index (κ3) is 6.19. The number of nitrogens with zero attached hydrogens (tertiary/aromatic N) is 1. The van der Waals surface area contributed by atoms with Crippen molar-refractivity contribution in [2.45, 2.75) is 58.5 Å². The summed E-state index contributed by atoms with van der Waals surface area (Å²) in [6.45, 7) is 10.2. The van der Waals surface area contributed by atoms with Gasteiger partial charge in [-0.3, -0.25) is 0 Å². The highest BCUT2D eigenvalue weighted by atomic mass is 15.1. The van der Waals surface area contributed by atoms with Crippen molar-refractivity contribution < 1.29 is 0 Å². The Kier molecular flexibility index (Phi) is 6.25. The first-order valence-electron chi connectivity index (χ1n) is 8.55. The maximum atomic E-state index is 3.62. The van der Waals surface area contributed by atoms with E-state index >= 15 is 0 Å². The molecule has 0 spiro atoms. The summed E-state index contributed by atoms with van der Waals surface area (Å²) in [7, 11) is 2.22. The van der Waals surface area contributed by atoms with Crippen molar-refractivity contribution in [2.24, 2.45) is 5.92 Å². The van der Waals surface area contributed by atoms with Gasteiger partial charge in [0.2, 0.25) is 0 Å². The van der Waals surface area contributed by atoms with Gasteiger partial charge in [-0.1, -0.05) is 45.0 Å². The fraction of sp³-hybridized carbons (Fsp3) is 0.684. The average molecular weight is 288 g/mol. The molecule has 21 heavy (non-hydrogen) atoms. The summed E-state index contributed by atoms with van der Waals surface area (Å²) in [5.74, 6) is 1.40. The van der Waals surface area contributed by atoms with Crippen LogP contribution in [0, 0.1) is 5.92 Å². The Morgan fingerprint density at radius 1 is 1.14 bits per heavy atom. The fourth-order valence-electron chi connectivity index (χ4n) is 2.57. The Morgan fingerprint density at radius 3 is 2.38 bits per heavy atom. The van der Waals surface area contributed by atoms with Crippen LogP contribution in [0.25, 0.3) is 0 Å². The molecule has 1 aliphatic carbocycles. The predicted molar refractivity (Wildman–Crippen MR) is 91.7 cm³/mol. The molecule has 0 amide bonds. The second kappa shape index (κ2) is 7.95. The summed E-state index contributed by atoms with van der Waals surface area (Å²) < 4.78 is 0. The Bertz CT molecular complexity index is 406. The van der Waals surface area contributed by atoms with E-state index in [0.29, 0.717) is 5.92 Å². The number of nitrogens with one attached hydrogen (secondary N) is 1. The van der Waals surface area contributed by atoms with Gasteiger partial charge >= 0.3 is 0 Å². The molecule has 1 unspecified atom stereocenters. The smallest absolute Gasteiger partial charge is 0.0230 e. The van der Waals surface area contributed by atoms with Crippen molar-refractivity contribution in [3.8, 4) is 0 Å². The highest BCUT2D eigenvalue weighted by molar-refractivity contribution is 5.25. The number of rotatable bonds is 9. The topological polar surface area (TPSA) is 15.3 Å². The molecule has 1 fully saturated rings. The predicted octanol–water partition coefficient (Wildman–Crippen LogP) is 4.02. The molecule has 2 heteroatoms. The largest absolute Gasteiger partial charge is 0.313 e. The third-order valence-electron chi connectivity index (χ3n) is 4.38. The van der Waals surface area contributed by atoms with Crippen LogP contribution in [0.3, 0.4) is 0 Å². The van der Waals surface area contributed by atoms with Gasteiger partial charge in [-0.25, -0.2) is 0 Å². The molecule has 118 valence electrons. The van der Waals surface area contributed by atoms with Crippen molar-refractivity contribution >= 4 is 0 Å². The molecule has 2 rings (SSSR count). The second-order valence-electron chi connectivity index (χ2n) is 7.25. The second-order valence-corrected chi connectivity index (χ2v) is 7.25. The lowest BCUT2D eigenvalue weighted by Gasteiger charge is -2.19. The van der Waals surface area contributed by atoms with Crippen LogP contribution in [0.5, 0.6) is 0 Å². The quantitative estimate of drug-likeness (QED) is 0.738. The minimum atomic E-state index is 0.610. The van der Waals surface area contributed by atoms with E-state index in [0.717, 1.165) is 25.0 Å². The van der Waals surface area contributed by atoms with E-state index in [2.05, 4.69) is 62.3 Å². The summed E-state index contributed by atoms with van der Waals surface area (Å²) in [5.41, 5.74) is 2.88. The molecule has 0 aromatic heterocycles. The van der Waals surface area contributed by atoms with Crippen LogP contribution in [0.15, 0.2) is 24.3 Å². The van der Waals surface area contributed by atoms with Crippen molar-refractivity contribution in [2.75, 3.05) is 20.1 Å². The van der Waals surface area contributed by atoms with E-state index in [1.54, 1.807) is 0 Å². The molecular weight excluding hydrogens is 256 g/mol. The SMILES string of the molecule is CC(C)CCN(C)Cc1ccc(C(C)CNC2CC2)cc1. The molecule has 2 nitrogen and oxygen atoms in total. The summed E-state index contributed by atoms with van der Waals surface area (Å²) in [4.78, 5) is 2.42. The highest BCUT2D eigenvalue weighted by Gasteiger charge is 2.21. The lowest BCUT2D eigenvalue weighted by molar-refractivity contribution is 0.303. The van der Waals surface area contributed by atoms with E-state index in [4.69, 9.17) is 0 Å². The summed E-state index contributed by atoms with van der Waals surface area (Å²) in [5, 5.41) is 3.62. The molecular formula is C19H32N2. The Balaban J connectivity index is 1.77. The standard InChI is InChI=1S/C19H32N2/c1-15(2)11-12-21(4)14-17-5-7-18(8-6-17)16(3)13-20-19-9-10-19/h5-8,15-16,19-20H,9-14H2,1-4H3. The van der Waals surface area contributed by atoms with Gasteiger partial charge in [0.05, 0.1) is 0 Å². The lowest BCUT2D eigenvalue weighted by atomic mass is 9.99. The van der Waals surface area contributed by atoms with E-state index in [9.17, 15) is 0 Å². The molecule has 1 atom stereocenters. The van der Waals surface area contributed by atoms with Gasteiger partial charge in [-0.05, 0) is 55.8 Å². The zero-order valence-electron chi connectivity index (χ0n) is 14.2. The number of hydrogen-bond acceptors (Lipinski definition) is 2. The molecule has 1 N–H and O–H groups in total. The first-order valence-corrected chi connectivity index (χ1v) is 8.55. The van der Waals surface area contributed by atoms with Crippen LogP contribution in [0.4, 0.5) is 0 Å². The van der Waals surface area contributed by atoms with Crippen molar-refractivity contribution in [3.63, 3.8) is 0 Å². The van der Waals surface area contributed by atoms with Crippen LogP contribution < -0.4 is 5.32 Å². The van der Waals surface area contributed by atoms with Crippen LogP contribution in [0.1, 0.15) is 57.1 Å². The first kappa shape index (κ1) is 16.5. The average Bonchev–Trinajstić information content (AvgIpc) is 3.27. The van der Waals surface area contributed by atoms with Crippen molar-refractivity contribution in [1.29, 1.82) is 0 Å². The third-order valence-corrected chi connectivity index (χ3v) is 4.38. The lowest BCUT2D eigenvalue weighted by Crippen LogP contribution is -2.22. The summed E-state index contributed by atoms with van der Waals surface area (Å²) >= 11 is 0. The van der Waals surface area contributed by atoms with Crippen molar-refractivity contribution in [3.05, 3.63) is 35.4 Å². The minimum absolute atomic E-state index is 0.610. The van der Waals surface area contributed by atoms with Gasteiger partial charge in [-0.2, -0.15) is 0 Å². The Morgan fingerprint density at radius 2 is 1.81 bits per heavy atom.